The Morgan fingerprint density at radius 3 is 2.65 bits per heavy atom. The van der Waals surface area contributed by atoms with Gasteiger partial charge in [0.05, 0.1) is 12.0 Å². The molecule has 3 heterocycles. The third-order valence-corrected chi connectivity index (χ3v) is 4.59. The van der Waals surface area contributed by atoms with Gasteiger partial charge in [0.2, 0.25) is 0 Å². The Bertz CT molecular complexity index is 1010. The molecule has 0 unspecified atom stereocenters. The van der Waals surface area contributed by atoms with E-state index in [1.807, 2.05) is 17.6 Å². The van der Waals surface area contributed by atoms with Gasteiger partial charge in [-0.2, -0.15) is 0 Å². The summed E-state index contributed by atoms with van der Waals surface area (Å²) in [6.45, 7) is 5.09. The van der Waals surface area contributed by atoms with Gasteiger partial charge >= 0.3 is 5.69 Å². The maximum atomic E-state index is 12.9. The highest BCUT2D eigenvalue weighted by Crippen LogP contribution is 2.09. The van der Waals surface area contributed by atoms with Crippen LogP contribution < -0.4 is 11.2 Å². The standard InChI is InChI=1S/C18H25N5O3/c1-4-5-9-22-12-19-16-15(22)17(24)23(18(25)21(16)3)10-7-6-8-14-11-13(2)20-26-14/h11-12H,4-10H2,1-3H3. The zero-order valence-corrected chi connectivity index (χ0v) is 15.6. The van der Waals surface area contributed by atoms with E-state index >= 15 is 0 Å². The molecule has 8 heteroatoms. The van der Waals surface area contributed by atoms with Crippen molar-refractivity contribution >= 4 is 11.2 Å². The first-order valence-corrected chi connectivity index (χ1v) is 9.09. The first kappa shape index (κ1) is 18.2. The van der Waals surface area contributed by atoms with E-state index in [2.05, 4.69) is 17.1 Å². The van der Waals surface area contributed by atoms with Crippen LogP contribution in [0, 0.1) is 6.92 Å². The number of hydrogen-bond acceptors (Lipinski definition) is 5. The van der Waals surface area contributed by atoms with E-state index in [1.165, 1.54) is 9.13 Å². The fourth-order valence-electron chi connectivity index (χ4n) is 3.12. The van der Waals surface area contributed by atoms with Crippen LogP contribution in [0.25, 0.3) is 11.2 Å². The van der Waals surface area contributed by atoms with Crippen molar-refractivity contribution in [1.29, 1.82) is 0 Å². The highest BCUT2D eigenvalue weighted by atomic mass is 16.5. The average Bonchev–Trinajstić information content (AvgIpc) is 3.23. The number of imidazole rings is 1. The SMILES string of the molecule is CCCCn1cnc2c1c(=O)n(CCCCc1cc(C)no1)c(=O)n2C. The molecule has 0 saturated heterocycles. The van der Waals surface area contributed by atoms with Crippen LogP contribution in [0.15, 0.2) is 26.5 Å². The summed E-state index contributed by atoms with van der Waals surface area (Å²) in [5.41, 5.74) is 1.23. The Morgan fingerprint density at radius 1 is 1.15 bits per heavy atom. The summed E-state index contributed by atoms with van der Waals surface area (Å²) in [5.74, 6) is 0.829. The van der Waals surface area contributed by atoms with E-state index in [4.69, 9.17) is 4.52 Å². The van der Waals surface area contributed by atoms with Crippen LogP contribution in [-0.2, 0) is 26.6 Å². The normalized spacial score (nSPS) is 11.5. The van der Waals surface area contributed by atoms with Crippen LogP contribution in [0.3, 0.4) is 0 Å². The van der Waals surface area contributed by atoms with Crippen molar-refractivity contribution in [2.24, 2.45) is 7.05 Å². The molecule has 0 radical (unpaired) electrons. The molecule has 0 aliphatic heterocycles. The molecule has 140 valence electrons. The van der Waals surface area contributed by atoms with E-state index in [0.29, 0.717) is 24.1 Å². The van der Waals surface area contributed by atoms with E-state index < -0.39 is 0 Å². The molecule has 0 amide bonds. The lowest BCUT2D eigenvalue weighted by atomic mass is 10.2. The van der Waals surface area contributed by atoms with E-state index in [0.717, 1.165) is 43.7 Å². The van der Waals surface area contributed by atoms with Crippen LogP contribution in [0.1, 0.15) is 44.1 Å². The van der Waals surface area contributed by atoms with Gasteiger partial charge in [-0.25, -0.2) is 9.78 Å². The van der Waals surface area contributed by atoms with Crippen LogP contribution in [0.2, 0.25) is 0 Å². The summed E-state index contributed by atoms with van der Waals surface area (Å²) in [5, 5.41) is 3.86. The first-order chi connectivity index (χ1) is 12.5. The summed E-state index contributed by atoms with van der Waals surface area (Å²) in [6.07, 6.45) is 5.91. The van der Waals surface area contributed by atoms with Crippen molar-refractivity contribution in [3.8, 4) is 0 Å². The minimum Gasteiger partial charge on any atom is -0.361 e. The van der Waals surface area contributed by atoms with Gasteiger partial charge in [-0.3, -0.25) is 13.9 Å². The van der Waals surface area contributed by atoms with Crippen LogP contribution >= 0.6 is 0 Å². The molecule has 0 N–H and O–H groups in total. The highest BCUT2D eigenvalue weighted by Gasteiger charge is 2.15. The molecular formula is C18H25N5O3. The highest BCUT2D eigenvalue weighted by molar-refractivity contribution is 5.69. The number of fused-ring (bicyclic) bond motifs is 1. The molecule has 26 heavy (non-hydrogen) atoms. The molecule has 3 rings (SSSR count). The zero-order chi connectivity index (χ0) is 18.7. The summed E-state index contributed by atoms with van der Waals surface area (Å²) in [7, 11) is 1.66. The third-order valence-electron chi connectivity index (χ3n) is 4.59. The molecule has 0 aliphatic rings. The van der Waals surface area contributed by atoms with Crippen molar-refractivity contribution in [3.63, 3.8) is 0 Å². The second kappa shape index (κ2) is 7.72. The molecule has 0 saturated carbocycles. The lowest BCUT2D eigenvalue weighted by Gasteiger charge is -2.09. The van der Waals surface area contributed by atoms with Crippen molar-refractivity contribution in [1.82, 2.24) is 23.8 Å². The maximum absolute atomic E-state index is 12.9. The number of aryl methyl sites for hydroxylation is 4. The van der Waals surface area contributed by atoms with Gasteiger partial charge in [-0.15, -0.1) is 0 Å². The van der Waals surface area contributed by atoms with Crippen molar-refractivity contribution in [3.05, 3.63) is 44.7 Å². The topological polar surface area (TPSA) is 87.8 Å². The Labute approximate surface area is 151 Å². The monoisotopic (exact) mass is 359 g/mol. The van der Waals surface area contributed by atoms with Crippen molar-refractivity contribution in [2.75, 3.05) is 0 Å². The summed E-state index contributed by atoms with van der Waals surface area (Å²) >= 11 is 0. The van der Waals surface area contributed by atoms with Gasteiger partial charge in [-0.05, 0) is 26.2 Å². The molecule has 3 aromatic heterocycles. The van der Waals surface area contributed by atoms with Crippen molar-refractivity contribution < 1.29 is 4.52 Å². The van der Waals surface area contributed by atoms with Gasteiger partial charge in [0.25, 0.3) is 5.56 Å². The summed E-state index contributed by atoms with van der Waals surface area (Å²) in [6, 6.07) is 1.91. The average molecular weight is 359 g/mol. The van der Waals surface area contributed by atoms with Gasteiger partial charge in [0.1, 0.15) is 5.76 Å². The quantitative estimate of drug-likeness (QED) is 0.574. The largest absolute Gasteiger partial charge is 0.361 e. The van der Waals surface area contributed by atoms with Crippen LogP contribution in [0.5, 0.6) is 0 Å². The number of unbranched alkanes of at least 4 members (excludes halogenated alkanes) is 2. The number of hydrogen-bond donors (Lipinski definition) is 0. The predicted molar refractivity (Wildman–Crippen MR) is 98.3 cm³/mol. The minimum atomic E-state index is -0.321. The first-order valence-electron chi connectivity index (χ1n) is 9.09. The molecule has 0 spiro atoms. The molecule has 0 bridgehead atoms. The third kappa shape index (κ3) is 3.49. The smallest absolute Gasteiger partial charge is 0.332 e. The second-order valence-corrected chi connectivity index (χ2v) is 6.65. The summed E-state index contributed by atoms with van der Waals surface area (Å²) < 4.78 is 9.82. The second-order valence-electron chi connectivity index (χ2n) is 6.65. The molecule has 0 atom stereocenters. The Kier molecular flexibility index (Phi) is 5.39. The van der Waals surface area contributed by atoms with E-state index in [9.17, 15) is 9.59 Å². The molecule has 0 aromatic carbocycles. The van der Waals surface area contributed by atoms with Crippen molar-refractivity contribution in [2.45, 2.75) is 59.0 Å². The van der Waals surface area contributed by atoms with Gasteiger partial charge in [0, 0.05) is 32.6 Å². The fourth-order valence-corrected chi connectivity index (χ4v) is 3.12. The lowest BCUT2D eigenvalue weighted by molar-refractivity contribution is 0.374. The number of rotatable bonds is 8. The number of aromatic nitrogens is 5. The van der Waals surface area contributed by atoms with Gasteiger partial charge in [0.15, 0.2) is 11.2 Å². The zero-order valence-electron chi connectivity index (χ0n) is 15.6. The lowest BCUT2D eigenvalue weighted by Crippen LogP contribution is -2.39. The Morgan fingerprint density at radius 2 is 1.96 bits per heavy atom. The van der Waals surface area contributed by atoms with Crippen LogP contribution in [-0.4, -0.2) is 23.8 Å². The fraction of sp³-hybridized carbons (Fsp3) is 0.556. The minimum absolute atomic E-state index is 0.257. The van der Waals surface area contributed by atoms with Gasteiger partial charge in [-0.1, -0.05) is 18.5 Å². The molecular weight excluding hydrogens is 334 g/mol. The van der Waals surface area contributed by atoms with Crippen LogP contribution in [0.4, 0.5) is 0 Å². The molecule has 8 nitrogen and oxygen atoms in total. The Hall–Kier alpha value is -2.64. The van der Waals surface area contributed by atoms with Gasteiger partial charge < -0.3 is 9.09 Å². The molecule has 0 aliphatic carbocycles. The molecule has 0 fully saturated rings. The van der Waals surface area contributed by atoms with E-state index in [-0.39, 0.29) is 11.2 Å². The Balaban J connectivity index is 1.80. The summed E-state index contributed by atoms with van der Waals surface area (Å²) in [4.78, 5) is 29.7. The molecule has 3 aromatic rings. The number of nitrogens with zero attached hydrogens (tertiary/aromatic N) is 5. The predicted octanol–water partition coefficient (Wildman–Crippen LogP) is 2.02. The maximum Gasteiger partial charge on any atom is 0.332 e. The van der Waals surface area contributed by atoms with E-state index in [1.54, 1.807) is 13.4 Å².